The van der Waals surface area contributed by atoms with Crippen molar-refractivity contribution in [2.75, 3.05) is 14.2 Å². The first kappa shape index (κ1) is 12.7. The molecule has 0 aliphatic rings. The summed E-state index contributed by atoms with van der Waals surface area (Å²) in [6.45, 7) is 0.533. The Morgan fingerprint density at radius 2 is 2.05 bits per heavy atom. The van der Waals surface area contributed by atoms with E-state index < -0.39 is 0 Å². The lowest BCUT2D eigenvalue weighted by molar-refractivity contribution is 0.355. The smallest absolute Gasteiger partial charge is 0.178 e. The van der Waals surface area contributed by atoms with Gasteiger partial charge in [0.05, 0.1) is 31.8 Å². The number of rotatable bonds is 4. The highest BCUT2D eigenvalue weighted by atomic mass is 32.1. The Labute approximate surface area is 119 Å². The molecule has 0 saturated heterocycles. The lowest BCUT2D eigenvalue weighted by Crippen LogP contribution is -2.00. The van der Waals surface area contributed by atoms with Gasteiger partial charge in [-0.2, -0.15) is 0 Å². The highest BCUT2D eigenvalue weighted by Crippen LogP contribution is 2.32. The van der Waals surface area contributed by atoms with Gasteiger partial charge in [-0.15, -0.1) is 0 Å². The summed E-state index contributed by atoms with van der Waals surface area (Å²) < 4.78 is 18.0. The van der Waals surface area contributed by atoms with Crippen LogP contribution in [-0.4, -0.2) is 28.9 Å². The van der Waals surface area contributed by atoms with Crippen molar-refractivity contribution in [1.82, 2.24) is 14.7 Å². The topological polar surface area (TPSA) is 65.2 Å². The number of hydrogen-bond acceptors (Lipinski definition) is 5. The van der Waals surface area contributed by atoms with E-state index in [0.29, 0.717) is 22.8 Å². The average molecular weight is 291 g/mol. The minimum atomic E-state index is 0.533. The van der Waals surface area contributed by atoms with Gasteiger partial charge in [0.2, 0.25) is 0 Å². The predicted molar refractivity (Wildman–Crippen MR) is 75.8 cm³/mol. The van der Waals surface area contributed by atoms with Crippen LogP contribution in [0.2, 0.25) is 0 Å². The largest absolute Gasteiger partial charge is 0.493 e. The van der Waals surface area contributed by atoms with E-state index >= 15 is 0 Å². The maximum atomic E-state index is 5.35. The molecule has 0 unspecified atom stereocenters. The highest BCUT2D eigenvalue weighted by Gasteiger charge is 2.12. The second-order valence-corrected chi connectivity index (χ2v) is 4.62. The van der Waals surface area contributed by atoms with Gasteiger partial charge in [0.25, 0.3) is 0 Å². The minimum Gasteiger partial charge on any atom is -0.493 e. The molecule has 6 nitrogen and oxygen atoms in total. The molecule has 104 valence electrons. The summed E-state index contributed by atoms with van der Waals surface area (Å²) in [5.41, 5.74) is 2.61. The van der Waals surface area contributed by atoms with Crippen molar-refractivity contribution >= 4 is 23.3 Å². The van der Waals surface area contributed by atoms with Crippen molar-refractivity contribution in [2.45, 2.75) is 6.54 Å². The van der Waals surface area contributed by atoms with Crippen LogP contribution in [0.5, 0.6) is 11.5 Å². The summed E-state index contributed by atoms with van der Waals surface area (Å²) in [5.74, 6) is 1.31. The molecule has 3 aromatic rings. The van der Waals surface area contributed by atoms with Crippen LogP contribution in [0.15, 0.2) is 29.0 Å². The quantitative estimate of drug-likeness (QED) is 0.749. The minimum absolute atomic E-state index is 0.533. The van der Waals surface area contributed by atoms with Crippen LogP contribution in [-0.2, 0) is 6.54 Å². The Balaban J connectivity index is 2.16. The van der Waals surface area contributed by atoms with Gasteiger partial charge in [-0.3, -0.25) is 0 Å². The fraction of sp³-hybridized carbons (Fsp3) is 0.231. The van der Waals surface area contributed by atoms with Gasteiger partial charge in [0.15, 0.2) is 16.3 Å². The van der Waals surface area contributed by atoms with Crippen LogP contribution in [0.1, 0.15) is 5.69 Å². The van der Waals surface area contributed by atoms with Crippen LogP contribution in [0.25, 0.3) is 11.0 Å². The summed E-state index contributed by atoms with van der Waals surface area (Å²) in [4.78, 5) is 3.15. The Morgan fingerprint density at radius 3 is 2.70 bits per heavy atom. The summed E-state index contributed by atoms with van der Waals surface area (Å²) in [6, 6.07) is 5.56. The second kappa shape index (κ2) is 5.01. The van der Waals surface area contributed by atoms with Crippen LogP contribution < -0.4 is 9.47 Å². The molecule has 1 N–H and O–H groups in total. The van der Waals surface area contributed by atoms with Crippen molar-refractivity contribution in [3.05, 3.63) is 34.9 Å². The van der Waals surface area contributed by atoms with E-state index in [1.54, 1.807) is 20.3 Å². The summed E-state index contributed by atoms with van der Waals surface area (Å²) >= 11 is 5.35. The summed E-state index contributed by atoms with van der Waals surface area (Å²) in [6.07, 6.45) is 1.54. The molecule has 0 atom stereocenters. The fourth-order valence-corrected chi connectivity index (χ4v) is 2.39. The number of nitrogens with zero attached hydrogens (tertiary/aromatic N) is 2. The number of benzene rings is 1. The molecule has 0 aliphatic heterocycles. The molecular weight excluding hydrogens is 278 g/mol. The zero-order chi connectivity index (χ0) is 14.1. The molecule has 0 fully saturated rings. The fourth-order valence-electron chi connectivity index (χ4n) is 2.12. The number of aromatic nitrogens is 3. The van der Waals surface area contributed by atoms with Gasteiger partial charge in [-0.1, -0.05) is 5.16 Å². The van der Waals surface area contributed by atoms with Crippen LogP contribution in [0.4, 0.5) is 0 Å². The monoisotopic (exact) mass is 291 g/mol. The third kappa shape index (κ3) is 2.05. The molecular formula is C13H13N3O3S. The van der Waals surface area contributed by atoms with E-state index in [0.717, 1.165) is 16.7 Å². The van der Waals surface area contributed by atoms with Crippen molar-refractivity contribution in [3.8, 4) is 11.5 Å². The first-order valence-corrected chi connectivity index (χ1v) is 6.37. The molecule has 0 spiro atoms. The van der Waals surface area contributed by atoms with Gasteiger partial charge >= 0.3 is 0 Å². The normalized spacial score (nSPS) is 10.9. The zero-order valence-electron chi connectivity index (χ0n) is 11.0. The summed E-state index contributed by atoms with van der Waals surface area (Å²) in [7, 11) is 3.21. The number of methoxy groups -OCH3 is 2. The Hall–Kier alpha value is -2.28. The van der Waals surface area contributed by atoms with Gasteiger partial charge in [-0.05, 0) is 12.2 Å². The number of hydrogen-bond donors (Lipinski definition) is 1. The van der Waals surface area contributed by atoms with E-state index in [1.165, 1.54) is 6.26 Å². The van der Waals surface area contributed by atoms with E-state index in [4.69, 9.17) is 26.2 Å². The lowest BCUT2D eigenvalue weighted by atomic mass is 10.2. The number of aromatic amines is 1. The van der Waals surface area contributed by atoms with Crippen LogP contribution in [0, 0.1) is 4.77 Å². The molecule has 3 rings (SSSR count). The van der Waals surface area contributed by atoms with E-state index in [-0.39, 0.29) is 0 Å². The van der Waals surface area contributed by atoms with Crippen molar-refractivity contribution in [2.24, 2.45) is 0 Å². The number of imidazole rings is 1. The van der Waals surface area contributed by atoms with Gasteiger partial charge < -0.3 is 23.5 Å². The van der Waals surface area contributed by atoms with Crippen molar-refractivity contribution in [3.63, 3.8) is 0 Å². The highest BCUT2D eigenvalue weighted by molar-refractivity contribution is 7.71. The zero-order valence-corrected chi connectivity index (χ0v) is 11.9. The van der Waals surface area contributed by atoms with Gasteiger partial charge in [0, 0.05) is 18.2 Å². The van der Waals surface area contributed by atoms with Gasteiger partial charge in [0.1, 0.15) is 12.0 Å². The maximum absolute atomic E-state index is 5.35. The van der Waals surface area contributed by atoms with E-state index in [9.17, 15) is 0 Å². The molecule has 2 aromatic heterocycles. The Kier molecular flexibility index (Phi) is 3.19. The van der Waals surface area contributed by atoms with Gasteiger partial charge in [-0.25, -0.2) is 0 Å². The Morgan fingerprint density at radius 1 is 1.30 bits per heavy atom. The SMILES string of the molecule is COc1cc2[nH]c(=S)n(Cc3ccon3)c2cc1OC. The van der Waals surface area contributed by atoms with Crippen LogP contribution in [0.3, 0.4) is 0 Å². The van der Waals surface area contributed by atoms with E-state index in [1.807, 2.05) is 16.7 Å². The molecule has 0 radical (unpaired) electrons. The molecule has 0 bridgehead atoms. The van der Waals surface area contributed by atoms with Crippen LogP contribution >= 0.6 is 12.2 Å². The first-order valence-electron chi connectivity index (χ1n) is 5.96. The average Bonchev–Trinajstić information content (AvgIpc) is 3.06. The second-order valence-electron chi connectivity index (χ2n) is 4.23. The number of H-pyrrole nitrogens is 1. The molecule has 2 heterocycles. The van der Waals surface area contributed by atoms with Crippen molar-refractivity contribution in [1.29, 1.82) is 0 Å². The molecule has 0 saturated carbocycles. The molecule has 0 aliphatic carbocycles. The standard InChI is InChI=1S/C13H13N3O3S/c1-17-11-5-9-10(6-12(11)18-2)16(13(20)14-9)7-8-3-4-19-15-8/h3-6H,7H2,1-2H3,(H,14,20). The molecule has 1 aromatic carbocycles. The van der Waals surface area contributed by atoms with E-state index in [2.05, 4.69) is 10.1 Å². The first-order chi connectivity index (χ1) is 9.72. The molecule has 0 amide bonds. The Bertz CT molecular complexity index is 789. The number of nitrogens with one attached hydrogen (secondary N) is 1. The number of ether oxygens (including phenoxy) is 2. The predicted octanol–water partition coefficient (Wildman–Crippen LogP) is 2.75. The van der Waals surface area contributed by atoms with Crippen molar-refractivity contribution < 1.29 is 14.0 Å². The molecule has 20 heavy (non-hydrogen) atoms. The molecule has 7 heteroatoms. The number of fused-ring (bicyclic) bond motifs is 1. The third-order valence-electron chi connectivity index (χ3n) is 3.09. The summed E-state index contributed by atoms with van der Waals surface area (Å²) in [5, 5.41) is 3.90. The third-order valence-corrected chi connectivity index (χ3v) is 3.41. The lowest BCUT2D eigenvalue weighted by Gasteiger charge is -2.08. The maximum Gasteiger partial charge on any atom is 0.178 e.